The zero-order valence-electron chi connectivity index (χ0n) is 16.5. The van der Waals surface area contributed by atoms with Gasteiger partial charge in [-0.05, 0) is 43.4 Å². The van der Waals surface area contributed by atoms with Crippen molar-refractivity contribution in [2.24, 2.45) is 11.8 Å². The van der Waals surface area contributed by atoms with Crippen LogP contribution in [0.2, 0.25) is 0 Å². The molecule has 1 heterocycles. The predicted molar refractivity (Wildman–Crippen MR) is 104 cm³/mol. The Morgan fingerprint density at radius 3 is 2.46 bits per heavy atom. The fourth-order valence-electron chi connectivity index (χ4n) is 3.22. The van der Waals surface area contributed by atoms with Gasteiger partial charge in [-0.3, -0.25) is 4.79 Å². The topological polar surface area (TPSA) is 63.7 Å². The van der Waals surface area contributed by atoms with Gasteiger partial charge in [0.1, 0.15) is 5.75 Å². The molecule has 1 amide bonds. The van der Waals surface area contributed by atoms with Gasteiger partial charge in [-0.1, -0.05) is 32.9 Å². The minimum absolute atomic E-state index is 0.0303. The Morgan fingerprint density at radius 2 is 1.88 bits per heavy atom. The van der Waals surface area contributed by atoms with Gasteiger partial charge in [-0.25, -0.2) is 8.42 Å². The molecule has 1 aromatic rings. The van der Waals surface area contributed by atoms with Gasteiger partial charge in [0, 0.05) is 13.1 Å². The highest BCUT2D eigenvalue weighted by Gasteiger charge is 2.36. The van der Waals surface area contributed by atoms with Gasteiger partial charge in [0.05, 0.1) is 23.5 Å². The molecule has 0 aliphatic carbocycles. The van der Waals surface area contributed by atoms with Gasteiger partial charge in [0.15, 0.2) is 9.84 Å². The van der Waals surface area contributed by atoms with E-state index in [0.29, 0.717) is 19.1 Å². The van der Waals surface area contributed by atoms with E-state index in [1.54, 1.807) is 4.90 Å². The average Bonchev–Trinajstić information content (AvgIpc) is 2.69. The molecule has 1 fully saturated rings. The van der Waals surface area contributed by atoms with Crippen LogP contribution in [-0.4, -0.2) is 50.4 Å². The normalized spacial score (nSPS) is 20.7. The van der Waals surface area contributed by atoms with Crippen molar-refractivity contribution in [1.29, 1.82) is 0 Å². The van der Waals surface area contributed by atoms with Gasteiger partial charge in [0.25, 0.3) is 0 Å². The number of rotatable bonds is 5. The molecule has 0 N–H and O–H groups in total. The minimum atomic E-state index is -3.07. The smallest absolute Gasteiger partial charge is 0.232 e. The highest BCUT2D eigenvalue weighted by Crippen LogP contribution is 2.28. The predicted octanol–water partition coefficient (Wildman–Crippen LogP) is 2.89. The Balaban J connectivity index is 2.14. The Kier molecular flexibility index (Phi) is 6.37. The third kappa shape index (κ3) is 5.22. The lowest BCUT2D eigenvalue weighted by atomic mass is 9.83. The molecule has 1 aromatic carbocycles. The van der Waals surface area contributed by atoms with Crippen LogP contribution in [0.5, 0.6) is 5.75 Å². The summed E-state index contributed by atoms with van der Waals surface area (Å²) in [5.41, 5.74) is 0.184. The van der Waals surface area contributed by atoms with E-state index in [4.69, 9.17) is 4.74 Å². The third-order valence-corrected chi connectivity index (χ3v) is 6.61. The van der Waals surface area contributed by atoms with Crippen LogP contribution in [-0.2, 0) is 20.0 Å². The van der Waals surface area contributed by atoms with Crippen molar-refractivity contribution in [3.8, 4) is 5.75 Å². The summed E-state index contributed by atoms with van der Waals surface area (Å²) in [7, 11) is -3.07. The summed E-state index contributed by atoms with van der Waals surface area (Å²) < 4.78 is 29.6. The standard InChI is InChI=1S/C20H31NO4S/c1-15(2)13-25-18-8-6-17(7-9-18)20(4,5)19(22)21-10-11-26(23,24)14-16(3)12-21/h6-9,15-16H,10-14H2,1-5H3. The van der Waals surface area contributed by atoms with Crippen LogP contribution in [0.1, 0.15) is 40.2 Å². The second kappa shape index (κ2) is 7.99. The molecule has 0 saturated carbocycles. The highest BCUT2D eigenvalue weighted by molar-refractivity contribution is 7.91. The van der Waals surface area contributed by atoms with Crippen LogP contribution in [0.25, 0.3) is 0 Å². The van der Waals surface area contributed by atoms with Crippen molar-refractivity contribution in [3.63, 3.8) is 0 Å². The van der Waals surface area contributed by atoms with Crippen molar-refractivity contribution < 1.29 is 17.9 Å². The molecule has 0 spiro atoms. The number of ether oxygens (including phenoxy) is 1. The van der Waals surface area contributed by atoms with Crippen LogP contribution in [0.4, 0.5) is 0 Å². The van der Waals surface area contributed by atoms with E-state index in [9.17, 15) is 13.2 Å². The van der Waals surface area contributed by atoms with Crippen molar-refractivity contribution in [2.75, 3.05) is 31.2 Å². The lowest BCUT2D eigenvalue weighted by Gasteiger charge is -2.32. The van der Waals surface area contributed by atoms with Crippen LogP contribution in [0.15, 0.2) is 24.3 Å². The van der Waals surface area contributed by atoms with Gasteiger partial charge >= 0.3 is 0 Å². The Morgan fingerprint density at radius 1 is 1.27 bits per heavy atom. The zero-order chi connectivity index (χ0) is 19.5. The van der Waals surface area contributed by atoms with E-state index in [1.165, 1.54) is 0 Å². The first-order valence-corrected chi connectivity index (χ1v) is 11.1. The van der Waals surface area contributed by atoms with Crippen LogP contribution in [0, 0.1) is 11.8 Å². The van der Waals surface area contributed by atoms with Crippen molar-refractivity contribution >= 4 is 15.7 Å². The molecule has 5 nitrogen and oxygen atoms in total. The molecule has 0 radical (unpaired) electrons. The Hall–Kier alpha value is -1.56. The lowest BCUT2D eigenvalue weighted by Crippen LogP contribution is -2.45. The summed E-state index contributed by atoms with van der Waals surface area (Å²) in [6, 6.07) is 7.63. The quantitative estimate of drug-likeness (QED) is 0.787. The van der Waals surface area contributed by atoms with Gasteiger partial charge in [0.2, 0.25) is 5.91 Å². The van der Waals surface area contributed by atoms with Crippen LogP contribution in [0.3, 0.4) is 0 Å². The molecular formula is C20H31NO4S. The van der Waals surface area contributed by atoms with E-state index in [1.807, 2.05) is 45.0 Å². The molecular weight excluding hydrogens is 350 g/mol. The summed E-state index contributed by atoms with van der Waals surface area (Å²) in [5.74, 6) is 1.36. The maximum atomic E-state index is 13.1. The fraction of sp³-hybridized carbons (Fsp3) is 0.650. The highest BCUT2D eigenvalue weighted by atomic mass is 32.2. The SMILES string of the molecule is CC(C)COc1ccc(C(C)(C)C(=O)N2CCS(=O)(=O)CC(C)C2)cc1. The van der Waals surface area contributed by atoms with Crippen LogP contribution >= 0.6 is 0 Å². The van der Waals surface area contributed by atoms with E-state index >= 15 is 0 Å². The number of amides is 1. The molecule has 26 heavy (non-hydrogen) atoms. The Bertz CT molecular complexity index is 723. The van der Waals surface area contributed by atoms with E-state index in [2.05, 4.69) is 13.8 Å². The largest absolute Gasteiger partial charge is 0.493 e. The van der Waals surface area contributed by atoms with E-state index in [-0.39, 0.29) is 29.9 Å². The first-order chi connectivity index (χ1) is 12.0. The van der Waals surface area contributed by atoms with Gasteiger partial charge in [-0.2, -0.15) is 0 Å². The molecule has 6 heteroatoms. The first kappa shape index (κ1) is 20.7. The molecule has 0 bridgehead atoms. The number of hydrogen-bond acceptors (Lipinski definition) is 4. The molecule has 1 aliphatic heterocycles. The van der Waals surface area contributed by atoms with Gasteiger partial charge < -0.3 is 9.64 Å². The number of carbonyl (C=O) groups excluding carboxylic acids is 1. The summed E-state index contributed by atoms with van der Waals surface area (Å²) in [4.78, 5) is 14.8. The summed E-state index contributed by atoms with van der Waals surface area (Å²) in [5, 5.41) is 0. The van der Waals surface area contributed by atoms with Crippen LogP contribution < -0.4 is 4.74 Å². The molecule has 146 valence electrons. The summed E-state index contributed by atoms with van der Waals surface area (Å²) in [6.07, 6.45) is 0. The second-order valence-electron chi connectivity index (χ2n) is 8.32. The van der Waals surface area contributed by atoms with E-state index in [0.717, 1.165) is 11.3 Å². The minimum Gasteiger partial charge on any atom is -0.493 e. The average molecular weight is 382 g/mol. The molecule has 1 aliphatic rings. The van der Waals surface area contributed by atoms with E-state index < -0.39 is 15.3 Å². The molecule has 1 atom stereocenters. The first-order valence-electron chi connectivity index (χ1n) is 9.24. The molecule has 1 saturated heterocycles. The third-order valence-electron chi connectivity index (χ3n) is 4.72. The summed E-state index contributed by atoms with van der Waals surface area (Å²) >= 11 is 0. The fourth-order valence-corrected chi connectivity index (χ4v) is 4.86. The van der Waals surface area contributed by atoms with Crippen molar-refractivity contribution in [2.45, 2.75) is 40.0 Å². The lowest BCUT2D eigenvalue weighted by molar-refractivity contribution is -0.136. The van der Waals surface area contributed by atoms with Crippen molar-refractivity contribution in [3.05, 3.63) is 29.8 Å². The maximum absolute atomic E-state index is 13.1. The summed E-state index contributed by atoms with van der Waals surface area (Å²) in [6.45, 7) is 11.3. The molecule has 0 aromatic heterocycles. The van der Waals surface area contributed by atoms with Gasteiger partial charge in [-0.15, -0.1) is 0 Å². The number of sulfone groups is 1. The number of benzene rings is 1. The number of carbonyl (C=O) groups is 1. The Labute approximate surface area is 157 Å². The zero-order valence-corrected chi connectivity index (χ0v) is 17.3. The molecule has 2 rings (SSSR count). The number of nitrogens with zero attached hydrogens (tertiary/aromatic N) is 1. The number of hydrogen-bond donors (Lipinski definition) is 0. The monoisotopic (exact) mass is 381 g/mol. The van der Waals surface area contributed by atoms with Crippen molar-refractivity contribution in [1.82, 2.24) is 4.90 Å². The second-order valence-corrected chi connectivity index (χ2v) is 10.6. The maximum Gasteiger partial charge on any atom is 0.232 e. The molecule has 1 unspecified atom stereocenters.